The van der Waals surface area contributed by atoms with Crippen molar-refractivity contribution in [1.82, 2.24) is 5.48 Å². The lowest BCUT2D eigenvalue weighted by Gasteiger charge is -2.09. The molecule has 0 amide bonds. The standard InChI is InChI=1S/C12H10N2O2S/c15-13-12(17)10-6-2-1-5-9(10)11-7-3-4-8-14(11)16/h1-8,15H,(H,13,17). The number of hydrogen-bond donors (Lipinski definition) is 2. The third-order valence-corrected chi connectivity index (χ3v) is 2.68. The van der Waals surface area contributed by atoms with Crippen molar-refractivity contribution in [2.75, 3.05) is 0 Å². The summed E-state index contributed by atoms with van der Waals surface area (Å²) in [5.41, 5.74) is 3.71. The molecule has 0 spiro atoms. The Morgan fingerprint density at radius 1 is 1.18 bits per heavy atom. The van der Waals surface area contributed by atoms with Gasteiger partial charge < -0.3 is 5.21 Å². The quantitative estimate of drug-likeness (QED) is 0.366. The second kappa shape index (κ2) is 4.90. The first-order valence-corrected chi connectivity index (χ1v) is 5.37. The fourth-order valence-corrected chi connectivity index (χ4v) is 1.78. The van der Waals surface area contributed by atoms with Crippen LogP contribution in [0.15, 0.2) is 48.7 Å². The zero-order valence-corrected chi connectivity index (χ0v) is 9.65. The van der Waals surface area contributed by atoms with Crippen LogP contribution in [0.2, 0.25) is 0 Å². The molecule has 0 aliphatic carbocycles. The summed E-state index contributed by atoms with van der Waals surface area (Å²) >= 11 is 4.98. The molecule has 0 aliphatic heterocycles. The van der Waals surface area contributed by atoms with Crippen LogP contribution in [0.5, 0.6) is 0 Å². The molecule has 1 aromatic carbocycles. The van der Waals surface area contributed by atoms with Gasteiger partial charge in [0.25, 0.3) is 0 Å². The predicted octanol–water partition coefficient (Wildman–Crippen LogP) is 1.64. The highest BCUT2D eigenvalue weighted by molar-refractivity contribution is 7.80. The van der Waals surface area contributed by atoms with E-state index in [-0.39, 0.29) is 4.99 Å². The molecule has 0 unspecified atom stereocenters. The van der Waals surface area contributed by atoms with Crippen LogP contribution in [0.4, 0.5) is 0 Å². The number of benzene rings is 1. The van der Waals surface area contributed by atoms with E-state index < -0.39 is 0 Å². The third-order valence-electron chi connectivity index (χ3n) is 2.37. The van der Waals surface area contributed by atoms with Gasteiger partial charge in [-0.1, -0.05) is 30.4 Å². The zero-order chi connectivity index (χ0) is 12.3. The summed E-state index contributed by atoms with van der Waals surface area (Å²) in [5.74, 6) is 0. The van der Waals surface area contributed by atoms with Gasteiger partial charge in [-0.2, -0.15) is 4.73 Å². The molecule has 1 aromatic heterocycles. The van der Waals surface area contributed by atoms with Crippen molar-refractivity contribution in [3.63, 3.8) is 0 Å². The van der Waals surface area contributed by atoms with E-state index in [2.05, 4.69) is 0 Å². The third kappa shape index (κ3) is 2.25. The summed E-state index contributed by atoms with van der Waals surface area (Å²) < 4.78 is 0.763. The van der Waals surface area contributed by atoms with Gasteiger partial charge in [-0.15, -0.1) is 0 Å². The highest BCUT2D eigenvalue weighted by Crippen LogP contribution is 2.20. The van der Waals surface area contributed by atoms with E-state index in [1.54, 1.807) is 36.4 Å². The van der Waals surface area contributed by atoms with Crippen LogP contribution in [0, 0.1) is 5.21 Å². The molecule has 2 rings (SSSR count). The molecule has 0 fully saturated rings. The lowest BCUT2D eigenvalue weighted by molar-refractivity contribution is -0.593. The van der Waals surface area contributed by atoms with Crippen molar-refractivity contribution < 1.29 is 9.94 Å². The predicted molar refractivity (Wildman–Crippen MR) is 67.5 cm³/mol. The van der Waals surface area contributed by atoms with Gasteiger partial charge in [0.1, 0.15) is 4.99 Å². The van der Waals surface area contributed by atoms with Crippen LogP contribution in [0.1, 0.15) is 5.56 Å². The molecule has 4 nitrogen and oxygen atoms in total. The SMILES string of the molecule is [O-][n+]1ccccc1-c1ccccc1C(=S)NO. The number of nitrogens with one attached hydrogen (secondary N) is 1. The van der Waals surface area contributed by atoms with E-state index in [1.807, 2.05) is 11.5 Å². The Balaban J connectivity index is 2.60. The Morgan fingerprint density at radius 3 is 2.59 bits per heavy atom. The van der Waals surface area contributed by atoms with Gasteiger partial charge in [-0.25, -0.2) is 0 Å². The molecule has 2 aromatic rings. The molecule has 17 heavy (non-hydrogen) atoms. The number of pyridine rings is 1. The molecule has 1 heterocycles. The van der Waals surface area contributed by atoms with Gasteiger partial charge in [0.2, 0.25) is 5.69 Å². The van der Waals surface area contributed by atoms with E-state index in [0.717, 1.165) is 4.73 Å². The molecular weight excluding hydrogens is 236 g/mol. The molecule has 0 saturated carbocycles. The lowest BCUT2D eigenvalue weighted by Crippen LogP contribution is -2.29. The maximum atomic E-state index is 11.7. The molecule has 0 aliphatic rings. The van der Waals surface area contributed by atoms with Gasteiger partial charge in [0, 0.05) is 17.7 Å². The highest BCUT2D eigenvalue weighted by atomic mass is 32.1. The minimum absolute atomic E-state index is 0.185. The number of hydroxylamine groups is 1. The Morgan fingerprint density at radius 2 is 1.88 bits per heavy atom. The Hall–Kier alpha value is -1.98. The fraction of sp³-hybridized carbons (Fsp3) is 0. The summed E-state index contributed by atoms with van der Waals surface area (Å²) in [5, 5.41) is 20.5. The molecule has 0 atom stereocenters. The van der Waals surface area contributed by atoms with E-state index in [4.69, 9.17) is 17.4 Å². The average molecular weight is 246 g/mol. The number of hydrogen-bond acceptors (Lipinski definition) is 3. The second-order valence-electron chi connectivity index (χ2n) is 3.40. The van der Waals surface area contributed by atoms with Gasteiger partial charge in [-0.3, -0.25) is 10.7 Å². The van der Waals surface area contributed by atoms with Crippen LogP contribution in [-0.2, 0) is 0 Å². The van der Waals surface area contributed by atoms with Crippen LogP contribution in [0.3, 0.4) is 0 Å². The topological polar surface area (TPSA) is 59.2 Å². The van der Waals surface area contributed by atoms with E-state index in [0.29, 0.717) is 16.8 Å². The monoisotopic (exact) mass is 246 g/mol. The fourth-order valence-electron chi connectivity index (χ4n) is 1.60. The van der Waals surface area contributed by atoms with E-state index >= 15 is 0 Å². The number of thiocarbonyl (C=S) groups is 1. The van der Waals surface area contributed by atoms with Crippen molar-refractivity contribution in [2.45, 2.75) is 0 Å². The number of nitrogens with zero attached hydrogens (tertiary/aromatic N) is 1. The highest BCUT2D eigenvalue weighted by Gasteiger charge is 2.14. The van der Waals surface area contributed by atoms with E-state index in [1.165, 1.54) is 6.20 Å². The zero-order valence-electron chi connectivity index (χ0n) is 8.83. The minimum Gasteiger partial charge on any atom is -0.618 e. The maximum absolute atomic E-state index is 11.7. The van der Waals surface area contributed by atoms with Crippen LogP contribution >= 0.6 is 12.2 Å². The Bertz CT molecular complexity index is 558. The summed E-state index contributed by atoms with van der Waals surface area (Å²) in [7, 11) is 0. The summed E-state index contributed by atoms with van der Waals surface area (Å²) in [6, 6.07) is 12.3. The molecular formula is C12H10N2O2S. The number of aromatic nitrogens is 1. The summed E-state index contributed by atoms with van der Waals surface area (Å²) in [6.45, 7) is 0. The number of rotatable bonds is 2. The summed E-state index contributed by atoms with van der Waals surface area (Å²) in [4.78, 5) is 0.185. The molecule has 86 valence electrons. The normalized spacial score (nSPS) is 9.94. The Labute approximate surface area is 104 Å². The van der Waals surface area contributed by atoms with Crippen LogP contribution in [0.25, 0.3) is 11.3 Å². The van der Waals surface area contributed by atoms with Crippen molar-refractivity contribution >= 4 is 17.2 Å². The van der Waals surface area contributed by atoms with Crippen molar-refractivity contribution in [3.05, 3.63) is 59.4 Å². The molecule has 0 saturated heterocycles. The lowest BCUT2D eigenvalue weighted by atomic mass is 10.0. The average Bonchev–Trinajstić information content (AvgIpc) is 2.38. The van der Waals surface area contributed by atoms with Crippen molar-refractivity contribution in [3.8, 4) is 11.3 Å². The first-order valence-electron chi connectivity index (χ1n) is 4.96. The summed E-state index contributed by atoms with van der Waals surface area (Å²) in [6.07, 6.45) is 1.42. The van der Waals surface area contributed by atoms with E-state index in [9.17, 15) is 5.21 Å². The van der Waals surface area contributed by atoms with Crippen molar-refractivity contribution in [1.29, 1.82) is 0 Å². The first-order chi connectivity index (χ1) is 8.24. The maximum Gasteiger partial charge on any atom is 0.224 e. The smallest absolute Gasteiger partial charge is 0.224 e. The van der Waals surface area contributed by atoms with Gasteiger partial charge in [-0.05, 0) is 12.1 Å². The molecule has 2 N–H and O–H groups in total. The first kappa shape index (κ1) is 11.5. The van der Waals surface area contributed by atoms with Crippen molar-refractivity contribution in [2.24, 2.45) is 0 Å². The van der Waals surface area contributed by atoms with Crippen LogP contribution in [-0.4, -0.2) is 10.2 Å². The molecule has 5 heteroatoms. The van der Waals surface area contributed by atoms with Gasteiger partial charge >= 0.3 is 0 Å². The van der Waals surface area contributed by atoms with Crippen LogP contribution < -0.4 is 10.2 Å². The molecule has 0 radical (unpaired) electrons. The molecule has 0 bridgehead atoms. The van der Waals surface area contributed by atoms with Gasteiger partial charge in [0.15, 0.2) is 6.20 Å². The minimum atomic E-state index is 0.185. The largest absolute Gasteiger partial charge is 0.618 e. The van der Waals surface area contributed by atoms with Gasteiger partial charge in [0.05, 0.1) is 5.56 Å². The second-order valence-corrected chi connectivity index (χ2v) is 3.81. The Kier molecular flexibility index (Phi) is 3.32.